The van der Waals surface area contributed by atoms with Gasteiger partial charge in [-0.15, -0.1) is 0 Å². The van der Waals surface area contributed by atoms with Crippen molar-refractivity contribution in [2.45, 2.75) is 12.8 Å². The van der Waals surface area contributed by atoms with Crippen LogP contribution in [0.25, 0.3) is 11.1 Å². The Morgan fingerprint density at radius 3 is 3.00 bits per heavy atom. The highest BCUT2D eigenvalue weighted by Crippen LogP contribution is 2.15. The largest absolute Gasteiger partial charge is 0.419 e. The maximum atomic E-state index is 11.2. The molecule has 0 bridgehead atoms. The highest BCUT2D eigenvalue weighted by Gasteiger charge is 2.05. The molecule has 2 aromatic rings. The molecule has 80 valence electrons. The van der Waals surface area contributed by atoms with Gasteiger partial charge in [0.2, 0.25) is 0 Å². The first kappa shape index (κ1) is 9.98. The van der Waals surface area contributed by atoms with Crippen molar-refractivity contribution in [1.29, 1.82) is 0 Å². The quantitative estimate of drug-likeness (QED) is 0.818. The van der Waals surface area contributed by atoms with Gasteiger partial charge in [-0.1, -0.05) is 6.07 Å². The fourth-order valence-corrected chi connectivity index (χ4v) is 1.61. The van der Waals surface area contributed by atoms with Crippen LogP contribution >= 0.6 is 0 Å². The number of hydrogen-bond donors (Lipinski definition) is 1. The molecular formula is C11H13NO3. The average molecular weight is 207 g/mol. The summed E-state index contributed by atoms with van der Waals surface area (Å²) in [5, 5.41) is 8.73. The Bertz CT molecular complexity index is 524. The maximum absolute atomic E-state index is 11.2. The fraction of sp³-hybridized carbons (Fsp3) is 0.364. The van der Waals surface area contributed by atoms with Crippen LogP contribution in [0.2, 0.25) is 0 Å². The van der Waals surface area contributed by atoms with E-state index in [1.54, 1.807) is 13.1 Å². The summed E-state index contributed by atoms with van der Waals surface area (Å²) in [6.45, 7) is 0.183. The molecule has 0 saturated heterocycles. The molecule has 15 heavy (non-hydrogen) atoms. The lowest BCUT2D eigenvalue weighted by atomic mass is 10.1. The number of aromatic nitrogens is 1. The van der Waals surface area contributed by atoms with Crippen molar-refractivity contribution in [2.75, 3.05) is 6.61 Å². The summed E-state index contributed by atoms with van der Waals surface area (Å²) < 4.78 is 6.50. The van der Waals surface area contributed by atoms with Gasteiger partial charge in [0.25, 0.3) is 0 Å². The summed E-state index contributed by atoms with van der Waals surface area (Å²) in [6.07, 6.45) is 1.54. The van der Waals surface area contributed by atoms with Crippen LogP contribution in [0, 0.1) is 0 Å². The second-order valence-corrected chi connectivity index (χ2v) is 3.56. The van der Waals surface area contributed by atoms with E-state index in [1.807, 2.05) is 12.1 Å². The molecule has 1 aromatic carbocycles. The predicted octanol–water partition coefficient (Wildman–Crippen LogP) is 1.06. The molecule has 1 N–H and O–H groups in total. The number of aliphatic hydroxyl groups excluding tert-OH is 1. The summed E-state index contributed by atoms with van der Waals surface area (Å²) in [5.74, 6) is -0.343. The van der Waals surface area contributed by atoms with Gasteiger partial charge < -0.3 is 9.52 Å². The lowest BCUT2D eigenvalue weighted by molar-refractivity contribution is 0.288. The molecule has 0 saturated carbocycles. The van der Waals surface area contributed by atoms with E-state index in [4.69, 9.17) is 9.52 Å². The second-order valence-electron chi connectivity index (χ2n) is 3.56. The third kappa shape index (κ3) is 1.80. The van der Waals surface area contributed by atoms with Crippen LogP contribution in [0.3, 0.4) is 0 Å². The van der Waals surface area contributed by atoms with Crippen molar-refractivity contribution < 1.29 is 9.52 Å². The third-order valence-corrected chi connectivity index (χ3v) is 2.48. The first-order valence-electron chi connectivity index (χ1n) is 4.91. The molecule has 4 nitrogen and oxygen atoms in total. The molecular weight excluding hydrogens is 194 g/mol. The van der Waals surface area contributed by atoms with Crippen molar-refractivity contribution in [2.24, 2.45) is 7.05 Å². The van der Waals surface area contributed by atoms with Crippen molar-refractivity contribution >= 4 is 11.1 Å². The normalized spacial score (nSPS) is 11.1. The number of aryl methyl sites for hydroxylation is 2. The van der Waals surface area contributed by atoms with Crippen molar-refractivity contribution in [1.82, 2.24) is 4.57 Å². The Morgan fingerprint density at radius 1 is 1.47 bits per heavy atom. The van der Waals surface area contributed by atoms with Crippen LogP contribution in [0.5, 0.6) is 0 Å². The van der Waals surface area contributed by atoms with Gasteiger partial charge in [0, 0.05) is 13.7 Å². The predicted molar refractivity (Wildman–Crippen MR) is 56.9 cm³/mol. The van der Waals surface area contributed by atoms with Crippen LogP contribution in [-0.2, 0) is 13.5 Å². The van der Waals surface area contributed by atoms with E-state index < -0.39 is 0 Å². The molecule has 0 aliphatic carbocycles. The minimum absolute atomic E-state index is 0.183. The Morgan fingerprint density at radius 2 is 2.27 bits per heavy atom. The summed E-state index contributed by atoms with van der Waals surface area (Å²) in [5.41, 5.74) is 2.51. The molecule has 4 heteroatoms. The van der Waals surface area contributed by atoms with Gasteiger partial charge in [-0.3, -0.25) is 4.57 Å². The average Bonchev–Trinajstić information content (AvgIpc) is 2.52. The Labute approximate surface area is 86.8 Å². The number of hydrogen-bond acceptors (Lipinski definition) is 3. The molecule has 0 spiro atoms. The van der Waals surface area contributed by atoms with Gasteiger partial charge in [0.1, 0.15) is 0 Å². The fourth-order valence-electron chi connectivity index (χ4n) is 1.61. The lowest BCUT2D eigenvalue weighted by Crippen LogP contribution is -2.08. The number of aliphatic hydroxyl groups is 1. The summed E-state index contributed by atoms with van der Waals surface area (Å²) in [6, 6.07) is 5.64. The van der Waals surface area contributed by atoms with Crippen LogP contribution in [-0.4, -0.2) is 16.3 Å². The summed E-state index contributed by atoms with van der Waals surface area (Å²) >= 11 is 0. The number of benzene rings is 1. The van der Waals surface area contributed by atoms with Gasteiger partial charge in [0.15, 0.2) is 5.58 Å². The highest BCUT2D eigenvalue weighted by atomic mass is 16.4. The highest BCUT2D eigenvalue weighted by molar-refractivity contribution is 5.73. The zero-order chi connectivity index (χ0) is 10.8. The first-order chi connectivity index (χ1) is 7.22. The minimum atomic E-state index is -0.343. The monoisotopic (exact) mass is 207 g/mol. The summed E-state index contributed by atoms with van der Waals surface area (Å²) in [4.78, 5) is 11.2. The zero-order valence-corrected chi connectivity index (χ0v) is 8.56. The summed E-state index contributed by atoms with van der Waals surface area (Å²) in [7, 11) is 1.68. The van der Waals surface area contributed by atoms with Gasteiger partial charge in [0.05, 0.1) is 5.52 Å². The molecule has 0 radical (unpaired) electrons. The molecule has 0 atom stereocenters. The Balaban J connectivity index is 2.45. The van der Waals surface area contributed by atoms with E-state index in [0.717, 1.165) is 23.9 Å². The third-order valence-electron chi connectivity index (χ3n) is 2.48. The van der Waals surface area contributed by atoms with Crippen LogP contribution in [0.4, 0.5) is 0 Å². The topological polar surface area (TPSA) is 55.4 Å². The van der Waals surface area contributed by atoms with Crippen LogP contribution in [0.15, 0.2) is 27.4 Å². The molecule has 0 fully saturated rings. The number of rotatable bonds is 3. The molecule has 0 aliphatic rings. The van der Waals surface area contributed by atoms with E-state index in [2.05, 4.69) is 0 Å². The van der Waals surface area contributed by atoms with E-state index in [1.165, 1.54) is 4.57 Å². The zero-order valence-electron chi connectivity index (χ0n) is 8.56. The van der Waals surface area contributed by atoms with Crippen LogP contribution < -0.4 is 5.76 Å². The lowest BCUT2D eigenvalue weighted by Gasteiger charge is -1.99. The van der Waals surface area contributed by atoms with Crippen molar-refractivity contribution in [3.63, 3.8) is 0 Å². The van der Waals surface area contributed by atoms with Gasteiger partial charge in [-0.25, -0.2) is 4.79 Å². The Kier molecular flexibility index (Phi) is 2.60. The van der Waals surface area contributed by atoms with E-state index in [0.29, 0.717) is 5.58 Å². The standard InChI is InChI=1S/C11H13NO3/c1-12-9-7-8(3-2-6-13)4-5-10(9)15-11(12)14/h4-5,7,13H,2-3,6H2,1H3. The van der Waals surface area contributed by atoms with Crippen molar-refractivity contribution in [3.8, 4) is 0 Å². The molecule has 2 rings (SSSR count). The molecule has 0 aliphatic heterocycles. The maximum Gasteiger partial charge on any atom is 0.419 e. The van der Waals surface area contributed by atoms with Gasteiger partial charge >= 0.3 is 5.76 Å². The molecule has 1 heterocycles. The molecule has 0 unspecified atom stereocenters. The van der Waals surface area contributed by atoms with E-state index >= 15 is 0 Å². The first-order valence-corrected chi connectivity index (χ1v) is 4.91. The van der Waals surface area contributed by atoms with E-state index in [-0.39, 0.29) is 12.4 Å². The number of nitrogens with zero attached hydrogens (tertiary/aromatic N) is 1. The van der Waals surface area contributed by atoms with Crippen LogP contribution in [0.1, 0.15) is 12.0 Å². The second kappa shape index (κ2) is 3.90. The van der Waals surface area contributed by atoms with Gasteiger partial charge in [-0.05, 0) is 30.5 Å². The smallest absolute Gasteiger partial charge is 0.408 e. The van der Waals surface area contributed by atoms with Crippen molar-refractivity contribution in [3.05, 3.63) is 34.3 Å². The SMILES string of the molecule is Cn1c(=O)oc2ccc(CCCO)cc21. The van der Waals surface area contributed by atoms with E-state index in [9.17, 15) is 4.79 Å². The Hall–Kier alpha value is -1.55. The number of fused-ring (bicyclic) bond motifs is 1. The minimum Gasteiger partial charge on any atom is -0.408 e. The molecule has 0 amide bonds. The number of oxazole rings is 1. The van der Waals surface area contributed by atoms with Gasteiger partial charge in [-0.2, -0.15) is 0 Å². The molecule has 1 aromatic heterocycles.